The average Bonchev–Trinajstić information content (AvgIpc) is 3.02. The van der Waals surface area contributed by atoms with Gasteiger partial charge in [0, 0.05) is 18.0 Å². The smallest absolute Gasteiger partial charge is 0.231 e. The molecule has 0 amide bonds. The standard InChI is InChI=1S/C19H16FNO2/c1-12-10-21-17(7-4-13-2-5-14(20)6-3-13)16-9-19-18(8-15(12)16)22-11-23-19/h2-9,12H,10-11H2,1H3. The molecule has 0 saturated heterocycles. The van der Waals surface area contributed by atoms with Crippen LogP contribution in [0.5, 0.6) is 11.5 Å². The molecule has 0 spiro atoms. The van der Waals surface area contributed by atoms with Gasteiger partial charge in [0.2, 0.25) is 6.79 Å². The van der Waals surface area contributed by atoms with Crippen LogP contribution in [0.1, 0.15) is 29.5 Å². The van der Waals surface area contributed by atoms with Gasteiger partial charge in [-0.25, -0.2) is 4.39 Å². The quantitative estimate of drug-likeness (QED) is 0.833. The van der Waals surface area contributed by atoms with Crippen LogP contribution in [0.25, 0.3) is 6.08 Å². The molecule has 2 aromatic carbocycles. The molecule has 3 nitrogen and oxygen atoms in total. The third-order valence-electron chi connectivity index (χ3n) is 4.19. The average molecular weight is 309 g/mol. The number of benzene rings is 2. The lowest BCUT2D eigenvalue weighted by atomic mass is 9.89. The van der Waals surface area contributed by atoms with Gasteiger partial charge in [-0.3, -0.25) is 4.99 Å². The van der Waals surface area contributed by atoms with E-state index >= 15 is 0 Å². The normalized spacial score (nSPS) is 18.9. The topological polar surface area (TPSA) is 30.8 Å². The van der Waals surface area contributed by atoms with Gasteiger partial charge in [0.1, 0.15) is 5.82 Å². The molecule has 0 N–H and O–H groups in total. The number of hydrogen-bond donors (Lipinski definition) is 0. The first-order chi connectivity index (χ1) is 11.2. The fraction of sp³-hybridized carbons (Fsp3) is 0.211. The number of ether oxygens (including phenoxy) is 2. The Morgan fingerprint density at radius 1 is 1.09 bits per heavy atom. The largest absolute Gasteiger partial charge is 0.454 e. The first-order valence-electron chi connectivity index (χ1n) is 7.63. The lowest BCUT2D eigenvalue weighted by molar-refractivity contribution is 0.174. The van der Waals surface area contributed by atoms with Crippen molar-refractivity contribution in [2.45, 2.75) is 12.8 Å². The lowest BCUT2D eigenvalue weighted by Crippen LogP contribution is -2.14. The van der Waals surface area contributed by atoms with Crippen LogP contribution in [0.2, 0.25) is 0 Å². The minimum atomic E-state index is -0.232. The monoisotopic (exact) mass is 309 g/mol. The fourth-order valence-electron chi connectivity index (χ4n) is 2.90. The van der Waals surface area contributed by atoms with Gasteiger partial charge in [-0.1, -0.05) is 25.1 Å². The Bertz CT molecular complexity index is 809. The molecule has 0 aromatic heterocycles. The SMILES string of the molecule is CC1CN=C(C=Cc2ccc(F)cc2)c2cc3c(cc21)OCO3. The molecule has 2 heterocycles. The maximum absolute atomic E-state index is 13.0. The molecule has 2 aliphatic heterocycles. The highest BCUT2D eigenvalue weighted by Gasteiger charge is 2.24. The van der Waals surface area contributed by atoms with Crippen molar-refractivity contribution in [2.24, 2.45) is 4.99 Å². The Kier molecular flexibility index (Phi) is 3.37. The summed E-state index contributed by atoms with van der Waals surface area (Å²) in [5.41, 5.74) is 4.16. The van der Waals surface area contributed by atoms with Crippen LogP contribution in [0, 0.1) is 5.82 Å². The van der Waals surface area contributed by atoms with Crippen LogP contribution in [0.4, 0.5) is 4.39 Å². The first-order valence-corrected chi connectivity index (χ1v) is 7.63. The predicted octanol–water partition coefficient (Wildman–Crippen LogP) is 4.17. The van der Waals surface area contributed by atoms with E-state index in [1.165, 1.54) is 17.7 Å². The third-order valence-corrected chi connectivity index (χ3v) is 4.19. The zero-order valence-corrected chi connectivity index (χ0v) is 12.8. The maximum atomic E-state index is 13.0. The van der Waals surface area contributed by atoms with Crippen LogP contribution in [0.15, 0.2) is 47.5 Å². The molecule has 0 bridgehead atoms. The molecule has 4 heteroatoms. The van der Waals surface area contributed by atoms with Gasteiger partial charge in [0.25, 0.3) is 0 Å². The Balaban J connectivity index is 1.69. The van der Waals surface area contributed by atoms with Crippen LogP contribution >= 0.6 is 0 Å². The second-order valence-corrected chi connectivity index (χ2v) is 5.80. The highest BCUT2D eigenvalue weighted by atomic mass is 19.1. The van der Waals surface area contributed by atoms with Crippen molar-refractivity contribution in [2.75, 3.05) is 13.3 Å². The molecule has 0 aliphatic carbocycles. The van der Waals surface area contributed by atoms with Crippen molar-refractivity contribution in [1.29, 1.82) is 0 Å². The number of allylic oxidation sites excluding steroid dienone is 1. The van der Waals surface area contributed by atoms with Gasteiger partial charge >= 0.3 is 0 Å². The second-order valence-electron chi connectivity index (χ2n) is 5.80. The molecule has 0 saturated carbocycles. The van der Waals surface area contributed by atoms with Crippen molar-refractivity contribution in [3.05, 3.63) is 65.0 Å². The Morgan fingerprint density at radius 3 is 2.61 bits per heavy atom. The Labute approximate surface area is 134 Å². The summed E-state index contributed by atoms with van der Waals surface area (Å²) < 4.78 is 23.9. The summed E-state index contributed by atoms with van der Waals surface area (Å²) in [4.78, 5) is 4.67. The van der Waals surface area contributed by atoms with Crippen molar-refractivity contribution in [3.63, 3.8) is 0 Å². The highest BCUT2D eigenvalue weighted by molar-refractivity contribution is 6.12. The molecule has 4 rings (SSSR count). The molecular formula is C19H16FNO2. The van der Waals surface area contributed by atoms with Gasteiger partial charge in [0.15, 0.2) is 11.5 Å². The van der Waals surface area contributed by atoms with Gasteiger partial charge in [-0.2, -0.15) is 0 Å². The second kappa shape index (κ2) is 5.54. The Morgan fingerprint density at radius 2 is 1.83 bits per heavy atom. The van der Waals surface area contributed by atoms with Crippen LogP contribution in [-0.2, 0) is 0 Å². The van der Waals surface area contributed by atoms with E-state index < -0.39 is 0 Å². The number of hydrogen-bond acceptors (Lipinski definition) is 3. The van der Waals surface area contributed by atoms with E-state index in [2.05, 4.69) is 18.0 Å². The van der Waals surface area contributed by atoms with Crippen molar-refractivity contribution >= 4 is 11.8 Å². The van der Waals surface area contributed by atoms with Crippen molar-refractivity contribution in [1.82, 2.24) is 0 Å². The number of fused-ring (bicyclic) bond motifs is 2. The first kappa shape index (κ1) is 14.0. The van der Waals surface area contributed by atoms with E-state index in [0.717, 1.165) is 34.9 Å². The summed E-state index contributed by atoms with van der Waals surface area (Å²) >= 11 is 0. The highest BCUT2D eigenvalue weighted by Crippen LogP contribution is 2.39. The summed E-state index contributed by atoms with van der Waals surface area (Å²) in [6.45, 7) is 3.17. The minimum absolute atomic E-state index is 0.232. The molecule has 2 aromatic rings. The van der Waals surface area contributed by atoms with E-state index in [1.54, 1.807) is 12.1 Å². The molecule has 116 valence electrons. The Hall–Kier alpha value is -2.62. The van der Waals surface area contributed by atoms with E-state index in [-0.39, 0.29) is 12.6 Å². The lowest BCUT2D eigenvalue weighted by Gasteiger charge is -2.21. The van der Waals surface area contributed by atoms with E-state index in [4.69, 9.17) is 9.47 Å². The molecule has 0 radical (unpaired) electrons. The van der Waals surface area contributed by atoms with E-state index in [9.17, 15) is 4.39 Å². The van der Waals surface area contributed by atoms with Crippen LogP contribution in [0.3, 0.4) is 0 Å². The van der Waals surface area contributed by atoms with Gasteiger partial charge in [0.05, 0.1) is 5.71 Å². The predicted molar refractivity (Wildman–Crippen MR) is 87.8 cm³/mol. The number of halogens is 1. The van der Waals surface area contributed by atoms with Gasteiger partial charge in [-0.15, -0.1) is 0 Å². The molecular weight excluding hydrogens is 293 g/mol. The summed E-state index contributed by atoms with van der Waals surface area (Å²) in [6, 6.07) is 10.5. The maximum Gasteiger partial charge on any atom is 0.231 e. The van der Waals surface area contributed by atoms with Gasteiger partial charge < -0.3 is 9.47 Å². The van der Waals surface area contributed by atoms with Crippen molar-refractivity contribution < 1.29 is 13.9 Å². The van der Waals surface area contributed by atoms with Crippen LogP contribution < -0.4 is 9.47 Å². The van der Waals surface area contributed by atoms with Gasteiger partial charge in [-0.05, 0) is 41.5 Å². The minimum Gasteiger partial charge on any atom is -0.454 e. The molecule has 1 atom stereocenters. The molecule has 23 heavy (non-hydrogen) atoms. The summed E-state index contributed by atoms with van der Waals surface area (Å²) in [5, 5.41) is 0. The zero-order chi connectivity index (χ0) is 15.8. The summed E-state index contributed by atoms with van der Waals surface area (Å²) in [7, 11) is 0. The number of nitrogens with zero attached hydrogens (tertiary/aromatic N) is 1. The fourth-order valence-corrected chi connectivity index (χ4v) is 2.90. The number of rotatable bonds is 2. The summed E-state index contributed by atoms with van der Waals surface area (Å²) in [5.74, 6) is 1.69. The third kappa shape index (κ3) is 2.61. The zero-order valence-electron chi connectivity index (χ0n) is 12.8. The molecule has 2 aliphatic rings. The van der Waals surface area contributed by atoms with Crippen molar-refractivity contribution in [3.8, 4) is 11.5 Å². The van der Waals surface area contributed by atoms with E-state index in [0.29, 0.717) is 5.92 Å². The van der Waals surface area contributed by atoms with E-state index in [1.807, 2.05) is 18.2 Å². The number of aliphatic imine (C=N–C) groups is 1. The van der Waals surface area contributed by atoms with Crippen LogP contribution in [-0.4, -0.2) is 19.0 Å². The molecule has 0 fully saturated rings. The molecule has 1 unspecified atom stereocenters. The summed E-state index contributed by atoms with van der Waals surface area (Å²) in [6.07, 6.45) is 3.92.